The highest BCUT2D eigenvalue weighted by Gasteiger charge is 2.11. The summed E-state index contributed by atoms with van der Waals surface area (Å²) in [5, 5.41) is 21.5. The van der Waals surface area contributed by atoms with Crippen LogP contribution < -0.4 is 5.32 Å². The molecule has 0 spiro atoms. The monoisotopic (exact) mass is 264 g/mol. The number of nitrogens with one attached hydrogen (secondary N) is 1. The van der Waals surface area contributed by atoms with E-state index in [1.807, 2.05) is 0 Å². The standard InChI is InChI=1S/C11H9ClN4O2/c1-7-2-3-8(6-9(7)16(17)18)13-11-5-4-10(12)14-15-11/h2-6H,1H3,(H,13,15). The molecule has 0 aliphatic carbocycles. The van der Waals surface area contributed by atoms with Crippen LogP contribution in [0.3, 0.4) is 0 Å². The molecule has 1 heterocycles. The Balaban J connectivity index is 2.27. The Hall–Kier alpha value is -2.21. The third kappa shape index (κ3) is 2.72. The molecule has 2 aromatic rings. The Labute approximate surface area is 108 Å². The molecule has 2 rings (SSSR count). The zero-order chi connectivity index (χ0) is 13.1. The van der Waals surface area contributed by atoms with Gasteiger partial charge in [-0.3, -0.25) is 10.1 Å². The molecule has 0 bridgehead atoms. The third-order valence-electron chi connectivity index (χ3n) is 2.31. The minimum Gasteiger partial charge on any atom is -0.339 e. The molecule has 0 fully saturated rings. The van der Waals surface area contributed by atoms with Crippen LogP contribution in [0.25, 0.3) is 0 Å². The molecule has 6 nitrogen and oxygen atoms in total. The van der Waals surface area contributed by atoms with E-state index in [4.69, 9.17) is 11.6 Å². The van der Waals surface area contributed by atoms with Crippen molar-refractivity contribution >= 4 is 28.8 Å². The van der Waals surface area contributed by atoms with E-state index >= 15 is 0 Å². The molecule has 92 valence electrons. The number of hydrogen-bond donors (Lipinski definition) is 1. The molecule has 1 aromatic heterocycles. The number of aryl methyl sites for hydroxylation is 1. The molecule has 0 saturated heterocycles. The zero-order valence-corrected chi connectivity index (χ0v) is 10.2. The second kappa shape index (κ2) is 4.97. The Morgan fingerprint density at radius 3 is 2.67 bits per heavy atom. The first kappa shape index (κ1) is 12.3. The van der Waals surface area contributed by atoms with E-state index < -0.39 is 4.92 Å². The number of aromatic nitrogens is 2. The molecule has 0 aliphatic heterocycles. The highest BCUT2D eigenvalue weighted by atomic mass is 35.5. The van der Waals surface area contributed by atoms with Crippen LogP contribution in [0.1, 0.15) is 5.56 Å². The molecule has 0 unspecified atom stereocenters. The Bertz CT molecular complexity index is 586. The van der Waals surface area contributed by atoms with Gasteiger partial charge in [0.05, 0.1) is 4.92 Å². The minimum atomic E-state index is -0.423. The maximum absolute atomic E-state index is 10.8. The van der Waals surface area contributed by atoms with E-state index in [-0.39, 0.29) is 10.8 Å². The number of halogens is 1. The largest absolute Gasteiger partial charge is 0.339 e. The summed E-state index contributed by atoms with van der Waals surface area (Å²) in [5.74, 6) is 0.470. The van der Waals surface area contributed by atoms with Gasteiger partial charge in [0.15, 0.2) is 11.0 Å². The van der Waals surface area contributed by atoms with Crippen molar-refractivity contribution < 1.29 is 4.92 Å². The lowest BCUT2D eigenvalue weighted by atomic mass is 10.2. The van der Waals surface area contributed by atoms with Gasteiger partial charge in [0.1, 0.15) is 0 Å². The van der Waals surface area contributed by atoms with Crippen molar-refractivity contribution in [1.29, 1.82) is 0 Å². The molecular formula is C11H9ClN4O2. The number of nitro benzene ring substituents is 1. The van der Waals surface area contributed by atoms with Crippen molar-refractivity contribution in [2.75, 3.05) is 5.32 Å². The molecule has 0 saturated carbocycles. The van der Waals surface area contributed by atoms with Gasteiger partial charge < -0.3 is 5.32 Å². The molecule has 0 amide bonds. The zero-order valence-electron chi connectivity index (χ0n) is 9.42. The maximum Gasteiger partial charge on any atom is 0.274 e. The Kier molecular flexibility index (Phi) is 3.38. The van der Waals surface area contributed by atoms with Crippen LogP contribution >= 0.6 is 11.6 Å². The Morgan fingerprint density at radius 2 is 2.06 bits per heavy atom. The van der Waals surface area contributed by atoms with Crippen LogP contribution in [0.5, 0.6) is 0 Å². The van der Waals surface area contributed by atoms with Crippen LogP contribution in [0.2, 0.25) is 5.15 Å². The molecule has 1 N–H and O–H groups in total. The number of hydrogen-bond acceptors (Lipinski definition) is 5. The van der Waals surface area contributed by atoms with Crippen LogP contribution in [0.4, 0.5) is 17.2 Å². The number of rotatable bonds is 3. The SMILES string of the molecule is Cc1ccc(Nc2ccc(Cl)nn2)cc1[N+](=O)[O-]. The molecule has 0 radical (unpaired) electrons. The van der Waals surface area contributed by atoms with Gasteiger partial charge >= 0.3 is 0 Å². The number of benzene rings is 1. The number of nitrogens with zero attached hydrogens (tertiary/aromatic N) is 3. The maximum atomic E-state index is 10.8. The van der Waals surface area contributed by atoms with Crippen LogP contribution in [0.15, 0.2) is 30.3 Å². The third-order valence-corrected chi connectivity index (χ3v) is 2.51. The predicted octanol–water partition coefficient (Wildman–Crippen LogP) is 3.09. The van der Waals surface area contributed by atoms with Crippen LogP contribution in [-0.2, 0) is 0 Å². The van der Waals surface area contributed by atoms with Crippen molar-refractivity contribution in [3.05, 3.63) is 51.2 Å². The summed E-state index contributed by atoms with van der Waals surface area (Å²) < 4.78 is 0. The molecule has 1 aromatic carbocycles. The quantitative estimate of drug-likeness (QED) is 0.680. The lowest BCUT2D eigenvalue weighted by Crippen LogP contribution is -1.97. The van der Waals surface area contributed by atoms with E-state index in [1.54, 1.807) is 31.2 Å². The molecule has 0 aliphatic rings. The first-order valence-corrected chi connectivity index (χ1v) is 5.45. The van der Waals surface area contributed by atoms with Gasteiger partial charge in [0.2, 0.25) is 0 Å². The molecule has 7 heteroatoms. The average Bonchev–Trinajstić information content (AvgIpc) is 2.34. The summed E-state index contributed by atoms with van der Waals surface area (Å²) in [5.41, 5.74) is 1.23. The first-order valence-electron chi connectivity index (χ1n) is 5.07. The van der Waals surface area contributed by atoms with Gasteiger partial charge in [-0.1, -0.05) is 17.7 Å². The van der Waals surface area contributed by atoms with E-state index in [0.29, 0.717) is 17.1 Å². The lowest BCUT2D eigenvalue weighted by molar-refractivity contribution is -0.385. The highest BCUT2D eigenvalue weighted by Crippen LogP contribution is 2.24. The second-order valence-corrected chi connectivity index (χ2v) is 4.01. The van der Waals surface area contributed by atoms with Gasteiger partial charge in [-0.25, -0.2) is 0 Å². The summed E-state index contributed by atoms with van der Waals surface area (Å²) in [6, 6.07) is 8.08. The first-order chi connectivity index (χ1) is 8.56. The summed E-state index contributed by atoms with van der Waals surface area (Å²) in [4.78, 5) is 10.4. The normalized spacial score (nSPS) is 10.1. The number of nitro groups is 1. The highest BCUT2D eigenvalue weighted by molar-refractivity contribution is 6.29. The fourth-order valence-corrected chi connectivity index (χ4v) is 1.52. The van der Waals surface area contributed by atoms with Crippen molar-refractivity contribution in [3.63, 3.8) is 0 Å². The molecule has 18 heavy (non-hydrogen) atoms. The van der Waals surface area contributed by atoms with Gasteiger partial charge in [-0.15, -0.1) is 10.2 Å². The number of anilines is 2. The summed E-state index contributed by atoms with van der Waals surface area (Å²) >= 11 is 5.61. The van der Waals surface area contributed by atoms with E-state index in [0.717, 1.165) is 0 Å². The smallest absolute Gasteiger partial charge is 0.274 e. The van der Waals surface area contributed by atoms with Gasteiger partial charge in [-0.2, -0.15) is 0 Å². The van der Waals surface area contributed by atoms with Crippen molar-refractivity contribution in [2.24, 2.45) is 0 Å². The lowest BCUT2D eigenvalue weighted by Gasteiger charge is -2.05. The van der Waals surface area contributed by atoms with Crippen molar-refractivity contribution in [3.8, 4) is 0 Å². The summed E-state index contributed by atoms with van der Waals surface area (Å²) in [6.07, 6.45) is 0. The fourth-order valence-electron chi connectivity index (χ4n) is 1.41. The average molecular weight is 265 g/mol. The second-order valence-electron chi connectivity index (χ2n) is 3.62. The predicted molar refractivity (Wildman–Crippen MR) is 68.2 cm³/mol. The van der Waals surface area contributed by atoms with Gasteiger partial charge in [0.25, 0.3) is 5.69 Å². The molecular weight excluding hydrogens is 256 g/mol. The van der Waals surface area contributed by atoms with Crippen molar-refractivity contribution in [2.45, 2.75) is 6.92 Å². The fraction of sp³-hybridized carbons (Fsp3) is 0.0909. The van der Waals surface area contributed by atoms with Crippen molar-refractivity contribution in [1.82, 2.24) is 10.2 Å². The van der Waals surface area contributed by atoms with E-state index in [2.05, 4.69) is 15.5 Å². The van der Waals surface area contributed by atoms with Gasteiger partial charge in [0, 0.05) is 17.3 Å². The van der Waals surface area contributed by atoms with E-state index in [9.17, 15) is 10.1 Å². The van der Waals surface area contributed by atoms with E-state index in [1.165, 1.54) is 6.07 Å². The minimum absolute atomic E-state index is 0.0573. The van der Waals surface area contributed by atoms with Gasteiger partial charge in [-0.05, 0) is 25.1 Å². The topological polar surface area (TPSA) is 81.0 Å². The Morgan fingerprint density at radius 1 is 1.28 bits per heavy atom. The summed E-state index contributed by atoms with van der Waals surface area (Å²) in [6.45, 7) is 1.68. The van der Waals surface area contributed by atoms with Crippen LogP contribution in [-0.4, -0.2) is 15.1 Å². The molecule has 0 atom stereocenters. The summed E-state index contributed by atoms with van der Waals surface area (Å²) in [7, 11) is 0. The van der Waals surface area contributed by atoms with Crippen LogP contribution in [0, 0.1) is 17.0 Å².